The Balaban J connectivity index is 1.80. The van der Waals surface area contributed by atoms with Crippen LogP contribution in [0.5, 0.6) is 5.75 Å². The van der Waals surface area contributed by atoms with Crippen molar-refractivity contribution in [1.82, 2.24) is 0 Å². The van der Waals surface area contributed by atoms with Crippen LogP contribution in [0.15, 0.2) is 42.5 Å². The molecule has 0 bridgehead atoms. The summed E-state index contributed by atoms with van der Waals surface area (Å²) in [5.74, 6) is 1.61. The Hall–Kier alpha value is -1.28. The minimum atomic E-state index is -1.27. The van der Waals surface area contributed by atoms with Gasteiger partial charge in [0.15, 0.2) is 0 Å². The van der Waals surface area contributed by atoms with E-state index in [0.717, 1.165) is 34.6 Å². The van der Waals surface area contributed by atoms with E-state index in [9.17, 15) is 15.3 Å². The zero-order valence-electron chi connectivity index (χ0n) is 17.2. The van der Waals surface area contributed by atoms with Crippen molar-refractivity contribution in [1.29, 1.82) is 0 Å². The summed E-state index contributed by atoms with van der Waals surface area (Å²) in [6.07, 6.45) is -2.84. The Morgan fingerprint density at radius 3 is 2.40 bits per heavy atom. The molecule has 7 heteroatoms. The Morgan fingerprint density at radius 1 is 1.00 bits per heavy atom. The molecule has 0 radical (unpaired) electrons. The molecule has 3 unspecified atom stereocenters. The van der Waals surface area contributed by atoms with Crippen LogP contribution in [0.1, 0.15) is 43.1 Å². The number of aliphatic hydroxyl groups is 3. The number of aliphatic hydroxyl groups excluding tert-OH is 3. The molecular weight excluding hydrogens is 424 g/mol. The first-order valence-electron chi connectivity index (χ1n) is 10.3. The summed E-state index contributed by atoms with van der Waals surface area (Å²) in [7, 11) is 0. The van der Waals surface area contributed by atoms with E-state index < -0.39 is 29.9 Å². The van der Waals surface area contributed by atoms with E-state index in [0.29, 0.717) is 18.1 Å². The molecular formula is C23H29ClO5S. The first kappa shape index (κ1) is 23.4. The maximum absolute atomic E-state index is 10.5. The summed E-state index contributed by atoms with van der Waals surface area (Å²) in [5.41, 5.74) is 2.10. The van der Waals surface area contributed by atoms with Gasteiger partial charge in [-0.3, -0.25) is 0 Å². The minimum Gasteiger partial charge on any atom is -0.494 e. The van der Waals surface area contributed by atoms with Gasteiger partial charge in [0.25, 0.3) is 0 Å². The van der Waals surface area contributed by atoms with Gasteiger partial charge in [0.2, 0.25) is 0 Å². The van der Waals surface area contributed by atoms with Crippen molar-refractivity contribution in [3.8, 4) is 5.75 Å². The van der Waals surface area contributed by atoms with Crippen LogP contribution in [-0.4, -0.2) is 51.4 Å². The van der Waals surface area contributed by atoms with Gasteiger partial charge in [0.1, 0.15) is 35.6 Å². The number of hydrogen-bond donors (Lipinski definition) is 3. The number of benzene rings is 2. The highest BCUT2D eigenvalue weighted by molar-refractivity contribution is 7.99. The van der Waals surface area contributed by atoms with Crippen molar-refractivity contribution in [2.24, 2.45) is 0 Å². The molecule has 1 heterocycles. The van der Waals surface area contributed by atoms with E-state index in [4.69, 9.17) is 21.1 Å². The molecule has 0 saturated carbocycles. The summed E-state index contributed by atoms with van der Waals surface area (Å²) in [6, 6.07) is 13.3. The van der Waals surface area contributed by atoms with Crippen LogP contribution in [-0.2, 0) is 11.2 Å². The van der Waals surface area contributed by atoms with Crippen molar-refractivity contribution in [2.75, 3.05) is 12.4 Å². The maximum Gasteiger partial charge on any atom is 0.132 e. The van der Waals surface area contributed by atoms with Crippen LogP contribution in [0, 0.1) is 0 Å². The Bertz CT molecular complexity index is 816. The molecule has 2 aromatic rings. The second-order valence-corrected chi connectivity index (χ2v) is 8.99. The van der Waals surface area contributed by atoms with E-state index in [-0.39, 0.29) is 0 Å². The highest BCUT2D eigenvalue weighted by Crippen LogP contribution is 2.38. The van der Waals surface area contributed by atoms with Crippen LogP contribution in [0.2, 0.25) is 5.02 Å². The fourth-order valence-corrected chi connectivity index (χ4v) is 4.70. The summed E-state index contributed by atoms with van der Waals surface area (Å²) in [6.45, 7) is 4.61. The van der Waals surface area contributed by atoms with Gasteiger partial charge in [-0.25, -0.2) is 0 Å². The molecule has 30 heavy (non-hydrogen) atoms. The standard InChI is InChI=1S/C23H29ClO5S/c1-3-11-30-23-21(27)19(25)20(26)22(29-23)15-7-10-18(24)16(13-15)12-14-5-8-17(9-6-14)28-4-2/h5-10,13,19-23,25-27H,3-4,11-12H2,1-2H3/t19-,20?,21+,22?,23?/m1/s1. The SMILES string of the molecule is CCCSC1OC(c2ccc(Cl)c(Cc3ccc(OCC)cc3)c2)C(O)[C@@H](O)[C@@H]1O. The molecule has 0 spiro atoms. The van der Waals surface area contributed by atoms with Crippen molar-refractivity contribution in [3.05, 3.63) is 64.2 Å². The monoisotopic (exact) mass is 452 g/mol. The van der Waals surface area contributed by atoms with Gasteiger partial charge in [-0.05, 0) is 60.4 Å². The van der Waals surface area contributed by atoms with Gasteiger partial charge in [0, 0.05) is 5.02 Å². The molecule has 5 atom stereocenters. The van der Waals surface area contributed by atoms with Crippen molar-refractivity contribution in [3.63, 3.8) is 0 Å². The van der Waals surface area contributed by atoms with Gasteiger partial charge in [-0.2, -0.15) is 0 Å². The molecule has 1 aliphatic heterocycles. The van der Waals surface area contributed by atoms with Gasteiger partial charge >= 0.3 is 0 Å². The van der Waals surface area contributed by atoms with E-state index in [1.807, 2.05) is 44.2 Å². The molecule has 0 amide bonds. The Labute approximate surface area is 187 Å². The second-order valence-electron chi connectivity index (χ2n) is 7.37. The lowest BCUT2D eigenvalue weighted by Crippen LogP contribution is -2.53. The summed E-state index contributed by atoms with van der Waals surface area (Å²) in [4.78, 5) is 0. The zero-order chi connectivity index (χ0) is 21.7. The predicted octanol–water partition coefficient (Wildman–Crippen LogP) is 3.95. The van der Waals surface area contributed by atoms with Crippen molar-refractivity contribution < 1.29 is 24.8 Å². The molecule has 3 rings (SSSR count). The van der Waals surface area contributed by atoms with E-state index in [1.165, 1.54) is 11.8 Å². The molecule has 5 nitrogen and oxygen atoms in total. The molecule has 1 fully saturated rings. The largest absolute Gasteiger partial charge is 0.494 e. The first-order valence-corrected chi connectivity index (χ1v) is 11.7. The average Bonchev–Trinajstić information content (AvgIpc) is 2.75. The van der Waals surface area contributed by atoms with Gasteiger partial charge in [-0.1, -0.05) is 42.8 Å². The average molecular weight is 453 g/mol. The fourth-order valence-electron chi connectivity index (χ4n) is 3.49. The number of thioether (sulfide) groups is 1. The second kappa shape index (κ2) is 10.8. The fraction of sp³-hybridized carbons (Fsp3) is 0.478. The van der Waals surface area contributed by atoms with E-state index in [2.05, 4.69) is 0 Å². The summed E-state index contributed by atoms with van der Waals surface area (Å²) in [5, 5.41) is 31.8. The van der Waals surface area contributed by atoms with Crippen LogP contribution in [0.3, 0.4) is 0 Å². The number of ether oxygens (including phenoxy) is 2. The predicted molar refractivity (Wildman–Crippen MR) is 120 cm³/mol. The van der Waals surface area contributed by atoms with Crippen molar-refractivity contribution in [2.45, 2.75) is 56.5 Å². The maximum atomic E-state index is 10.5. The minimum absolute atomic E-state index is 0.599. The zero-order valence-corrected chi connectivity index (χ0v) is 18.8. The number of rotatable bonds is 8. The first-order chi connectivity index (χ1) is 14.4. The van der Waals surface area contributed by atoms with E-state index >= 15 is 0 Å². The third-order valence-corrected chi connectivity index (χ3v) is 6.81. The third kappa shape index (κ3) is 5.49. The molecule has 2 aromatic carbocycles. The topological polar surface area (TPSA) is 79.2 Å². The molecule has 0 aliphatic carbocycles. The smallest absolute Gasteiger partial charge is 0.132 e. The van der Waals surface area contributed by atoms with Crippen LogP contribution in [0.4, 0.5) is 0 Å². The van der Waals surface area contributed by atoms with E-state index in [1.54, 1.807) is 12.1 Å². The molecule has 0 aromatic heterocycles. The van der Waals surface area contributed by atoms with Gasteiger partial charge in [0.05, 0.1) is 6.61 Å². The molecule has 164 valence electrons. The molecule has 3 N–H and O–H groups in total. The number of hydrogen-bond acceptors (Lipinski definition) is 6. The quantitative estimate of drug-likeness (QED) is 0.562. The highest BCUT2D eigenvalue weighted by atomic mass is 35.5. The lowest BCUT2D eigenvalue weighted by molar-refractivity contribution is -0.200. The Kier molecular flexibility index (Phi) is 8.45. The lowest BCUT2D eigenvalue weighted by Gasteiger charge is -2.40. The van der Waals surface area contributed by atoms with Crippen LogP contribution < -0.4 is 4.74 Å². The molecule has 1 saturated heterocycles. The van der Waals surface area contributed by atoms with Gasteiger partial charge in [-0.15, -0.1) is 11.8 Å². The molecule has 1 aliphatic rings. The van der Waals surface area contributed by atoms with Crippen LogP contribution >= 0.6 is 23.4 Å². The van der Waals surface area contributed by atoms with Gasteiger partial charge < -0.3 is 24.8 Å². The lowest BCUT2D eigenvalue weighted by atomic mass is 9.92. The highest BCUT2D eigenvalue weighted by Gasteiger charge is 2.44. The third-order valence-electron chi connectivity index (χ3n) is 5.08. The summed E-state index contributed by atoms with van der Waals surface area (Å²) >= 11 is 7.87. The van der Waals surface area contributed by atoms with Crippen molar-refractivity contribution >= 4 is 23.4 Å². The Morgan fingerprint density at radius 2 is 1.73 bits per heavy atom. The normalized spacial score (nSPS) is 26.5. The van der Waals surface area contributed by atoms with Crippen LogP contribution in [0.25, 0.3) is 0 Å². The summed E-state index contributed by atoms with van der Waals surface area (Å²) < 4.78 is 11.5. The number of halogens is 1.